The summed E-state index contributed by atoms with van der Waals surface area (Å²) in [4.78, 5) is 16.9. The topological polar surface area (TPSA) is 65.8 Å². The summed E-state index contributed by atoms with van der Waals surface area (Å²) in [6.45, 7) is 2.41. The minimum atomic E-state index is -0.191. The number of anilines is 1. The largest absolute Gasteiger partial charge is 0.497 e. The van der Waals surface area contributed by atoms with Gasteiger partial charge in [-0.05, 0) is 24.6 Å². The average Bonchev–Trinajstić information content (AvgIpc) is 2.79. The van der Waals surface area contributed by atoms with E-state index in [0.717, 1.165) is 21.8 Å². The number of ether oxygens (including phenoxy) is 2. The van der Waals surface area contributed by atoms with E-state index in [1.807, 2.05) is 49.4 Å². The molecule has 0 aliphatic carbocycles. The summed E-state index contributed by atoms with van der Waals surface area (Å²) in [7, 11) is 3.23. The molecule has 30 heavy (non-hydrogen) atoms. The number of aryl methyl sites for hydroxylation is 1. The molecule has 0 N–H and O–H groups in total. The van der Waals surface area contributed by atoms with Gasteiger partial charge in [-0.1, -0.05) is 41.6 Å². The van der Waals surface area contributed by atoms with Crippen LogP contribution in [0.5, 0.6) is 11.5 Å². The molecule has 1 unspecified atom stereocenters. The highest BCUT2D eigenvalue weighted by Gasteiger charge is 2.38. The van der Waals surface area contributed by atoms with Gasteiger partial charge in [0.25, 0.3) is 0 Å². The van der Waals surface area contributed by atoms with Gasteiger partial charge in [-0.25, -0.2) is 0 Å². The number of fused-ring (bicyclic) bond motifs is 1. The average molecular weight is 422 g/mol. The maximum absolute atomic E-state index is 13.1. The Morgan fingerprint density at radius 1 is 1.13 bits per heavy atom. The number of nitriles is 1. The number of rotatable bonds is 4. The predicted molar refractivity (Wildman–Crippen MR) is 117 cm³/mol. The SMILES string of the molecule is COc1ccc(N2CSC3=C(C#N)C(c4ccc(C)cc4)CC(=O)N3C2)c(OC)c1. The number of methoxy groups -OCH3 is 2. The Balaban J connectivity index is 1.65. The van der Waals surface area contributed by atoms with Crippen molar-refractivity contribution in [1.29, 1.82) is 5.26 Å². The third-order valence-electron chi connectivity index (χ3n) is 5.50. The summed E-state index contributed by atoms with van der Waals surface area (Å²) in [5, 5.41) is 10.7. The van der Waals surface area contributed by atoms with Gasteiger partial charge in [-0.15, -0.1) is 0 Å². The van der Waals surface area contributed by atoms with Crippen LogP contribution < -0.4 is 14.4 Å². The van der Waals surface area contributed by atoms with Gasteiger partial charge in [-0.3, -0.25) is 9.69 Å². The molecule has 1 saturated heterocycles. The number of nitrogens with zero attached hydrogens (tertiary/aromatic N) is 3. The van der Waals surface area contributed by atoms with Gasteiger partial charge in [0.1, 0.15) is 11.5 Å². The van der Waals surface area contributed by atoms with Crippen molar-refractivity contribution in [2.45, 2.75) is 19.3 Å². The highest BCUT2D eigenvalue weighted by molar-refractivity contribution is 8.03. The van der Waals surface area contributed by atoms with E-state index in [-0.39, 0.29) is 11.8 Å². The summed E-state index contributed by atoms with van der Waals surface area (Å²) in [6, 6.07) is 16.1. The molecule has 0 aromatic heterocycles. The zero-order valence-electron chi connectivity index (χ0n) is 17.2. The van der Waals surface area contributed by atoms with Gasteiger partial charge in [0, 0.05) is 18.4 Å². The first-order valence-corrected chi connectivity index (χ1v) is 10.6. The van der Waals surface area contributed by atoms with Crippen LogP contribution in [0, 0.1) is 18.3 Å². The first-order valence-electron chi connectivity index (χ1n) is 9.66. The van der Waals surface area contributed by atoms with E-state index in [4.69, 9.17) is 9.47 Å². The molecule has 2 aromatic rings. The zero-order valence-corrected chi connectivity index (χ0v) is 18.0. The summed E-state index contributed by atoms with van der Waals surface area (Å²) in [5.41, 5.74) is 3.73. The van der Waals surface area contributed by atoms with Crippen LogP contribution in [0.25, 0.3) is 0 Å². The maximum atomic E-state index is 13.1. The lowest BCUT2D eigenvalue weighted by Gasteiger charge is -2.42. The van der Waals surface area contributed by atoms with E-state index < -0.39 is 0 Å². The monoisotopic (exact) mass is 421 g/mol. The fraction of sp³-hybridized carbons (Fsp3) is 0.304. The Labute approximate surface area is 180 Å². The molecule has 2 aliphatic heterocycles. The molecule has 1 atom stereocenters. The molecule has 7 heteroatoms. The van der Waals surface area contributed by atoms with Crippen LogP contribution in [0.1, 0.15) is 23.5 Å². The molecule has 2 aliphatic rings. The molecule has 0 bridgehead atoms. The van der Waals surface area contributed by atoms with Gasteiger partial charge in [0.05, 0.1) is 49.1 Å². The van der Waals surface area contributed by atoms with E-state index in [9.17, 15) is 10.1 Å². The van der Waals surface area contributed by atoms with E-state index in [1.54, 1.807) is 19.1 Å². The lowest BCUT2D eigenvalue weighted by Crippen LogP contribution is -2.47. The van der Waals surface area contributed by atoms with Crippen molar-refractivity contribution in [3.05, 3.63) is 64.2 Å². The maximum Gasteiger partial charge on any atom is 0.229 e. The van der Waals surface area contributed by atoms with Crippen LogP contribution >= 0.6 is 11.8 Å². The molecule has 0 saturated carbocycles. The summed E-state index contributed by atoms with van der Waals surface area (Å²) in [6.07, 6.45) is 0.295. The summed E-state index contributed by atoms with van der Waals surface area (Å²) >= 11 is 1.52. The third-order valence-corrected chi connectivity index (χ3v) is 6.66. The number of allylic oxidation sites excluding steroid dienone is 1. The molecule has 2 heterocycles. The van der Waals surface area contributed by atoms with Crippen LogP contribution in [0.2, 0.25) is 0 Å². The number of carbonyl (C=O) groups is 1. The minimum absolute atomic E-state index is 0.0271. The molecule has 154 valence electrons. The minimum Gasteiger partial charge on any atom is -0.497 e. The number of hydrogen-bond donors (Lipinski definition) is 0. The van der Waals surface area contributed by atoms with Gasteiger partial charge < -0.3 is 14.4 Å². The number of hydrogen-bond acceptors (Lipinski definition) is 6. The molecule has 4 rings (SSSR count). The number of amides is 1. The lowest BCUT2D eigenvalue weighted by atomic mass is 9.86. The van der Waals surface area contributed by atoms with Gasteiger partial charge >= 0.3 is 0 Å². The highest BCUT2D eigenvalue weighted by Crippen LogP contribution is 2.44. The van der Waals surface area contributed by atoms with Crippen molar-refractivity contribution in [3.8, 4) is 17.6 Å². The number of benzene rings is 2. The van der Waals surface area contributed by atoms with E-state index in [2.05, 4.69) is 11.0 Å². The second-order valence-corrected chi connectivity index (χ2v) is 8.25. The van der Waals surface area contributed by atoms with Crippen LogP contribution in [-0.4, -0.2) is 37.6 Å². The van der Waals surface area contributed by atoms with Crippen molar-refractivity contribution in [3.63, 3.8) is 0 Å². The predicted octanol–water partition coefficient (Wildman–Crippen LogP) is 4.23. The van der Waals surface area contributed by atoms with Crippen molar-refractivity contribution in [1.82, 2.24) is 4.90 Å². The molecular formula is C23H23N3O3S. The Hall–Kier alpha value is -3.11. The van der Waals surface area contributed by atoms with Crippen LogP contribution in [0.15, 0.2) is 53.1 Å². The van der Waals surface area contributed by atoms with Gasteiger partial charge in [-0.2, -0.15) is 5.26 Å². The normalized spacial score (nSPS) is 18.7. The van der Waals surface area contributed by atoms with Crippen LogP contribution in [0.4, 0.5) is 5.69 Å². The van der Waals surface area contributed by atoms with Crippen molar-refractivity contribution < 1.29 is 14.3 Å². The molecule has 1 amide bonds. The first kappa shape index (κ1) is 20.2. The molecule has 0 radical (unpaired) electrons. The standard InChI is InChI=1S/C23H23N3O3S/c1-15-4-6-16(7-5-15)18-11-22(27)26-13-25(14-30-23(26)19(18)12-24)20-9-8-17(28-2)10-21(20)29-3/h4-10,18H,11,13-14H2,1-3H3. The van der Waals surface area contributed by atoms with E-state index in [1.165, 1.54) is 11.8 Å². The fourth-order valence-electron chi connectivity index (χ4n) is 3.84. The molecular weight excluding hydrogens is 398 g/mol. The third kappa shape index (κ3) is 3.59. The van der Waals surface area contributed by atoms with E-state index in [0.29, 0.717) is 36.0 Å². The molecule has 6 nitrogen and oxygen atoms in total. The molecule has 2 aromatic carbocycles. The van der Waals surface area contributed by atoms with Crippen molar-refractivity contribution in [2.75, 3.05) is 31.7 Å². The summed E-state index contributed by atoms with van der Waals surface area (Å²) < 4.78 is 10.8. The smallest absolute Gasteiger partial charge is 0.229 e. The number of thioether (sulfide) groups is 1. The lowest BCUT2D eigenvalue weighted by molar-refractivity contribution is -0.129. The molecule has 0 spiro atoms. The fourth-order valence-corrected chi connectivity index (χ4v) is 5.00. The Kier molecular flexibility index (Phi) is 5.60. The Bertz CT molecular complexity index is 1040. The van der Waals surface area contributed by atoms with Crippen molar-refractivity contribution in [2.24, 2.45) is 0 Å². The van der Waals surface area contributed by atoms with Crippen LogP contribution in [0.3, 0.4) is 0 Å². The summed E-state index contributed by atoms with van der Waals surface area (Å²) in [5.74, 6) is 1.85. The Morgan fingerprint density at radius 2 is 1.90 bits per heavy atom. The quantitative estimate of drug-likeness (QED) is 0.736. The first-order chi connectivity index (χ1) is 14.5. The molecule has 1 fully saturated rings. The number of carbonyl (C=O) groups excluding carboxylic acids is 1. The Morgan fingerprint density at radius 3 is 2.57 bits per heavy atom. The van der Waals surface area contributed by atoms with E-state index >= 15 is 0 Å². The zero-order chi connectivity index (χ0) is 21.3. The second-order valence-electron chi connectivity index (χ2n) is 7.31. The second kappa shape index (κ2) is 8.33. The highest BCUT2D eigenvalue weighted by atomic mass is 32.2. The van der Waals surface area contributed by atoms with Gasteiger partial charge in [0.2, 0.25) is 5.91 Å². The van der Waals surface area contributed by atoms with Crippen molar-refractivity contribution >= 4 is 23.4 Å². The van der Waals surface area contributed by atoms with Crippen LogP contribution in [-0.2, 0) is 4.79 Å². The van der Waals surface area contributed by atoms with Gasteiger partial charge in [0.15, 0.2) is 0 Å².